The number of para-hydroxylation sites is 1. The normalized spacial score (nSPS) is 11.0. The van der Waals surface area contributed by atoms with Crippen LogP contribution in [0.25, 0.3) is 0 Å². The zero-order valence-corrected chi connectivity index (χ0v) is 12.6. The van der Waals surface area contributed by atoms with Gasteiger partial charge in [0, 0.05) is 19.3 Å². The average Bonchev–Trinajstić information content (AvgIpc) is 3.02. The zero-order valence-electron chi connectivity index (χ0n) is 11.8. The predicted molar refractivity (Wildman–Crippen MR) is 87.6 cm³/mol. The Morgan fingerprint density at radius 1 is 1.19 bits per heavy atom. The van der Waals surface area contributed by atoms with Crippen molar-refractivity contribution < 1.29 is 4.79 Å². The molecule has 110 valence electrons. The van der Waals surface area contributed by atoms with Crippen LogP contribution in [0.3, 0.4) is 0 Å². The third-order valence-corrected chi connectivity index (χ3v) is 3.47. The summed E-state index contributed by atoms with van der Waals surface area (Å²) in [5.74, 6) is 0.490. The molecule has 5 nitrogen and oxygen atoms in total. The third kappa shape index (κ3) is 5.27. The van der Waals surface area contributed by atoms with Crippen LogP contribution in [0.15, 0.2) is 52.2 Å². The highest BCUT2D eigenvalue weighted by Crippen LogP contribution is 2.05. The number of carbonyl (C=O) groups is 1. The molecule has 0 radical (unpaired) electrons. The van der Waals surface area contributed by atoms with Crippen molar-refractivity contribution in [1.29, 1.82) is 0 Å². The van der Waals surface area contributed by atoms with Crippen molar-refractivity contribution in [3.05, 3.63) is 52.7 Å². The Bertz CT molecular complexity index is 581. The quantitative estimate of drug-likeness (QED) is 0.585. The number of nitrogens with one attached hydrogen (secondary N) is 3. The summed E-state index contributed by atoms with van der Waals surface area (Å²) >= 11 is 1.65. The highest BCUT2D eigenvalue weighted by Gasteiger charge is 2.04. The summed E-state index contributed by atoms with van der Waals surface area (Å²) in [4.78, 5) is 15.9. The third-order valence-electron chi connectivity index (χ3n) is 2.74. The SMILES string of the molecule is CN=C(NCC(=O)Nc1ccccc1)NCc1ccsc1. The highest BCUT2D eigenvalue weighted by atomic mass is 32.1. The summed E-state index contributed by atoms with van der Waals surface area (Å²) in [5, 5.41) is 13.0. The number of aliphatic imine (C=N–C) groups is 1. The molecule has 1 heterocycles. The first kappa shape index (κ1) is 15.1. The van der Waals surface area contributed by atoms with E-state index >= 15 is 0 Å². The maximum atomic E-state index is 11.8. The van der Waals surface area contributed by atoms with Crippen molar-refractivity contribution in [2.24, 2.45) is 4.99 Å². The molecule has 2 rings (SSSR count). The van der Waals surface area contributed by atoms with Gasteiger partial charge in [-0.3, -0.25) is 9.79 Å². The molecule has 6 heteroatoms. The van der Waals surface area contributed by atoms with Crippen LogP contribution in [-0.2, 0) is 11.3 Å². The van der Waals surface area contributed by atoms with E-state index in [-0.39, 0.29) is 12.5 Å². The minimum atomic E-state index is -0.111. The lowest BCUT2D eigenvalue weighted by atomic mass is 10.3. The van der Waals surface area contributed by atoms with Crippen molar-refractivity contribution in [2.75, 3.05) is 18.9 Å². The van der Waals surface area contributed by atoms with E-state index in [1.54, 1.807) is 18.4 Å². The van der Waals surface area contributed by atoms with Gasteiger partial charge >= 0.3 is 0 Å². The molecule has 2 aromatic rings. The summed E-state index contributed by atoms with van der Waals surface area (Å²) in [6.45, 7) is 0.849. The van der Waals surface area contributed by atoms with Crippen LogP contribution in [0.5, 0.6) is 0 Å². The second-order valence-electron chi connectivity index (χ2n) is 4.33. The Labute approximate surface area is 128 Å². The van der Waals surface area contributed by atoms with Crippen molar-refractivity contribution in [3.63, 3.8) is 0 Å². The van der Waals surface area contributed by atoms with Gasteiger partial charge in [-0.15, -0.1) is 0 Å². The predicted octanol–water partition coefficient (Wildman–Crippen LogP) is 2.05. The van der Waals surface area contributed by atoms with Gasteiger partial charge in [0.1, 0.15) is 0 Å². The van der Waals surface area contributed by atoms with Gasteiger partial charge in [0.2, 0.25) is 5.91 Å². The van der Waals surface area contributed by atoms with Crippen LogP contribution in [-0.4, -0.2) is 25.5 Å². The lowest BCUT2D eigenvalue weighted by molar-refractivity contribution is -0.115. The van der Waals surface area contributed by atoms with E-state index < -0.39 is 0 Å². The summed E-state index contributed by atoms with van der Waals surface area (Å²) in [6.07, 6.45) is 0. The molecular formula is C15H18N4OS. The molecule has 1 aromatic carbocycles. The average molecular weight is 302 g/mol. The monoisotopic (exact) mass is 302 g/mol. The first-order chi connectivity index (χ1) is 10.3. The fourth-order valence-corrected chi connectivity index (χ4v) is 2.36. The van der Waals surface area contributed by atoms with E-state index in [9.17, 15) is 4.79 Å². The maximum Gasteiger partial charge on any atom is 0.243 e. The van der Waals surface area contributed by atoms with Gasteiger partial charge in [0.05, 0.1) is 6.54 Å². The van der Waals surface area contributed by atoms with E-state index in [0.29, 0.717) is 12.5 Å². The minimum absolute atomic E-state index is 0.111. The van der Waals surface area contributed by atoms with Crippen molar-refractivity contribution in [2.45, 2.75) is 6.54 Å². The molecule has 0 unspecified atom stereocenters. The maximum absolute atomic E-state index is 11.8. The van der Waals surface area contributed by atoms with Gasteiger partial charge in [0.25, 0.3) is 0 Å². The molecule has 1 aromatic heterocycles. The molecule has 0 saturated carbocycles. The molecule has 0 fully saturated rings. The Kier molecular flexibility index (Phi) is 5.78. The summed E-state index contributed by atoms with van der Waals surface area (Å²) < 4.78 is 0. The number of hydrogen-bond donors (Lipinski definition) is 3. The Morgan fingerprint density at radius 2 is 2.00 bits per heavy atom. The standard InChI is InChI=1S/C15H18N4OS/c1-16-15(17-9-12-7-8-21-11-12)18-10-14(20)19-13-5-3-2-4-6-13/h2-8,11H,9-10H2,1H3,(H,19,20)(H2,16,17,18). The van der Waals surface area contributed by atoms with E-state index in [0.717, 1.165) is 5.69 Å². The van der Waals surface area contributed by atoms with Crippen molar-refractivity contribution in [1.82, 2.24) is 10.6 Å². The molecule has 0 bridgehead atoms. The molecular weight excluding hydrogens is 284 g/mol. The van der Waals surface area contributed by atoms with E-state index in [1.807, 2.05) is 41.8 Å². The van der Waals surface area contributed by atoms with Crippen LogP contribution in [0, 0.1) is 0 Å². The number of thiophene rings is 1. The first-order valence-electron chi connectivity index (χ1n) is 6.58. The second-order valence-corrected chi connectivity index (χ2v) is 5.11. The molecule has 21 heavy (non-hydrogen) atoms. The minimum Gasteiger partial charge on any atom is -0.352 e. The van der Waals surface area contributed by atoms with Gasteiger partial charge in [-0.25, -0.2) is 0 Å². The molecule has 1 amide bonds. The number of carbonyl (C=O) groups excluding carboxylic acids is 1. The van der Waals surface area contributed by atoms with Crippen molar-refractivity contribution >= 4 is 28.9 Å². The van der Waals surface area contributed by atoms with Gasteiger partial charge in [0.15, 0.2) is 5.96 Å². The Balaban J connectivity index is 1.74. The molecule has 0 saturated heterocycles. The first-order valence-corrected chi connectivity index (χ1v) is 7.52. The Hall–Kier alpha value is -2.34. The number of rotatable bonds is 5. The molecule has 0 aliphatic rings. The van der Waals surface area contributed by atoms with Crippen LogP contribution in [0.4, 0.5) is 5.69 Å². The van der Waals surface area contributed by atoms with Gasteiger partial charge in [-0.05, 0) is 34.5 Å². The fourth-order valence-electron chi connectivity index (χ4n) is 1.69. The Morgan fingerprint density at radius 3 is 2.67 bits per heavy atom. The van der Waals surface area contributed by atoms with Gasteiger partial charge < -0.3 is 16.0 Å². The smallest absolute Gasteiger partial charge is 0.243 e. The number of nitrogens with zero attached hydrogens (tertiary/aromatic N) is 1. The van der Waals surface area contributed by atoms with Crippen LogP contribution in [0.2, 0.25) is 0 Å². The van der Waals surface area contributed by atoms with E-state index in [2.05, 4.69) is 26.3 Å². The van der Waals surface area contributed by atoms with Crippen LogP contribution < -0.4 is 16.0 Å². The molecule has 0 aliphatic heterocycles. The second kappa shape index (κ2) is 8.06. The summed E-state index contributed by atoms with van der Waals surface area (Å²) in [5.41, 5.74) is 1.97. The summed E-state index contributed by atoms with van der Waals surface area (Å²) in [6, 6.07) is 11.4. The number of benzene rings is 1. The molecule has 0 spiro atoms. The fraction of sp³-hybridized carbons (Fsp3) is 0.200. The zero-order chi connectivity index (χ0) is 14.9. The van der Waals surface area contributed by atoms with Crippen LogP contribution in [0.1, 0.15) is 5.56 Å². The van der Waals surface area contributed by atoms with Gasteiger partial charge in [-0.2, -0.15) is 11.3 Å². The van der Waals surface area contributed by atoms with Crippen molar-refractivity contribution in [3.8, 4) is 0 Å². The highest BCUT2D eigenvalue weighted by molar-refractivity contribution is 7.07. The van der Waals surface area contributed by atoms with E-state index in [1.165, 1.54) is 5.56 Å². The lowest BCUT2D eigenvalue weighted by Crippen LogP contribution is -2.41. The number of hydrogen-bond acceptors (Lipinski definition) is 3. The summed E-state index contributed by atoms with van der Waals surface area (Å²) in [7, 11) is 1.68. The van der Waals surface area contributed by atoms with Crippen LogP contribution >= 0.6 is 11.3 Å². The molecule has 0 aliphatic carbocycles. The number of anilines is 1. The lowest BCUT2D eigenvalue weighted by Gasteiger charge is -2.11. The van der Waals surface area contributed by atoms with E-state index in [4.69, 9.17) is 0 Å². The molecule has 0 atom stereocenters. The van der Waals surface area contributed by atoms with Gasteiger partial charge in [-0.1, -0.05) is 18.2 Å². The molecule has 3 N–H and O–H groups in total. The topological polar surface area (TPSA) is 65.5 Å². The number of guanidine groups is 1. The number of amides is 1. The largest absolute Gasteiger partial charge is 0.352 e.